The number of benzene rings is 1. The van der Waals surface area contributed by atoms with E-state index in [1.165, 1.54) is 0 Å². The van der Waals surface area contributed by atoms with Gasteiger partial charge in [0, 0.05) is 32.2 Å². The first-order chi connectivity index (χ1) is 12.5. The topological polar surface area (TPSA) is 59.1 Å². The molecule has 0 radical (unpaired) electrons. The third kappa shape index (κ3) is 3.55. The Kier molecular flexibility index (Phi) is 5.09. The van der Waals surface area contributed by atoms with Crippen LogP contribution in [0.1, 0.15) is 24.8 Å². The molecule has 26 heavy (non-hydrogen) atoms. The van der Waals surface area contributed by atoms with E-state index < -0.39 is 10.0 Å². The molecule has 3 aliphatic heterocycles. The number of ether oxygens (including phenoxy) is 2. The van der Waals surface area contributed by atoms with Crippen LogP contribution in [0.15, 0.2) is 29.2 Å². The van der Waals surface area contributed by atoms with E-state index in [9.17, 15) is 8.42 Å². The molecule has 4 rings (SSSR count). The molecule has 0 aliphatic carbocycles. The van der Waals surface area contributed by atoms with Crippen LogP contribution in [0.3, 0.4) is 0 Å². The third-order valence-corrected chi connectivity index (χ3v) is 7.96. The van der Waals surface area contributed by atoms with Gasteiger partial charge >= 0.3 is 0 Å². The van der Waals surface area contributed by atoms with Crippen LogP contribution in [0.25, 0.3) is 0 Å². The molecule has 3 heterocycles. The zero-order valence-corrected chi connectivity index (χ0v) is 16.2. The summed E-state index contributed by atoms with van der Waals surface area (Å²) in [4.78, 5) is 2.85. The summed E-state index contributed by atoms with van der Waals surface area (Å²) in [6.07, 6.45) is 2.56. The first kappa shape index (κ1) is 18.4. The number of aryl methyl sites for hydroxylation is 1. The lowest BCUT2D eigenvalue weighted by atomic mass is 9.88. The first-order valence-corrected chi connectivity index (χ1v) is 11.0. The summed E-state index contributed by atoms with van der Waals surface area (Å²) in [6, 6.07) is 7.56. The molecule has 3 saturated heterocycles. The molecular weight excluding hydrogens is 352 g/mol. The summed E-state index contributed by atoms with van der Waals surface area (Å²) in [7, 11) is -3.41. The maximum Gasteiger partial charge on any atom is 0.243 e. The van der Waals surface area contributed by atoms with E-state index in [2.05, 4.69) is 4.90 Å². The first-order valence-electron chi connectivity index (χ1n) is 9.51. The fourth-order valence-corrected chi connectivity index (χ4v) is 5.78. The van der Waals surface area contributed by atoms with Crippen molar-refractivity contribution in [1.29, 1.82) is 0 Å². The van der Waals surface area contributed by atoms with Crippen molar-refractivity contribution >= 4 is 10.0 Å². The highest BCUT2D eigenvalue weighted by molar-refractivity contribution is 7.89. The van der Waals surface area contributed by atoms with E-state index in [1.807, 2.05) is 19.1 Å². The second-order valence-electron chi connectivity index (χ2n) is 7.72. The van der Waals surface area contributed by atoms with E-state index in [0.29, 0.717) is 24.0 Å². The van der Waals surface area contributed by atoms with Crippen LogP contribution in [-0.4, -0.2) is 75.3 Å². The quantitative estimate of drug-likeness (QED) is 0.798. The minimum atomic E-state index is -3.41. The molecule has 1 atom stereocenters. The molecule has 0 unspecified atom stereocenters. The van der Waals surface area contributed by atoms with Crippen molar-refractivity contribution in [1.82, 2.24) is 9.21 Å². The highest BCUT2D eigenvalue weighted by Crippen LogP contribution is 2.39. The largest absolute Gasteiger partial charge is 0.379 e. The van der Waals surface area contributed by atoms with Gasteiger partial charge < -0.3 is 9.47 Å². The molecule has 1 spiro atoms. The molecule has 0 amide bonds. The average Bonchev–Trinajstić information content (AvgIpc) is 3.07. The Morgan fingerprint density at radius 2 is 1.69 bits per heavy atom. The van der Waals surface area contributed by atoms with E-state index >= 15 is 0 Å². The van der Waals surface area contributed by atoms with Crippen LogP contribution in [0.2, 0.25) is 0 Å². The minimum absolute atomic E-state index is 0.151. The Morgan fingerprint density at radius 3 is 2.35 bits per heavy atom. The van der Waals surface area contributed by atoms with Crippen molar-refractivity contribution in [2.24, 2.45) is 0 Å². The Hall–Kier alpha value is -0.990. The van der Waals surface area contributed by atoms with Gasteiger partial charge in [0.25, 0.3) is 0 Å². The third-order valence-electron chi connectivity index (χ3n) is 6.04. The summed E-state index contributed by atoms with van der Waals surface area (Å²) < 4.78 is 39.0. The number of rotatable bonds is 3. The molecule has 0 saturated carbocycles. The molecular formula is C19H28N2O4S. The molecule has 3 fully saturated rings. The number of morpholine rings is 1. The molecule has 1 aromatic carbocycles. The van der Waals surface area contributed by atoms with Crippen molar-refractivity contribution < 1.29 is 17.9 Å². The SMILES string of the molecule is Cc1ccc(S(=O)(=O)N2CCC3(CC2)C[C@@H](N2CCOCC2)CO3)cc1. The number of piperidine rings is 1. The summed E-state index contributed by atoms with van der Waals surface area (Å²) in [6.45, 7) is 7.32. The van der Waals surface area contributed by atoms with Gasteiger partial charge in [0.15, 0.2) is 0 Å². The van der Waals surface area contributed by atoms with Crippen LogP contribution in [0.5, 0.6) is 0 Å². The number of hydrogen-bond acceptors (Lipinski definition) is 5. The molecule has 3 aliphatic rings. The van der Waals surface area contributed by atoms with Gasteiger partial charge in [0.2, 0.25) is 10.0 Å². The zero-order chi connectivity index (χ0) is 18.2. The van der Waals surface area contributed by atoms with Crippen LogP contribution >= 0.6 is 0 Å². The lowest BCUT2D eigenvalue weighted by Crippen LogP contribution is -2.48. The number of hydrogen-bond donors (Lipinski definition) is 0. The van der Waals surface area contributed by atoms with Crippen molar-refractivity contribution in [2.45, 2.75) is 42.7 Å². The van der Waals surface area contributed by atoms with Gasteiger partial charge in [-0.15, -0.1) is 0 Å². The highest BCUT2D eigenvalue weighted by atomic mass is 32.2. The van der Waals surface area contributed by atoms with Gasteiger partial charge in [0.05, 0.1) is 30.3 Å². The van der Waals surface area contributed by atoms with E-state index in [0.717, 1.165) is 57.7 Å². The van der Waals surface area contributed by atoms with Crippen LogP contribution in [0.4, 0.5) is 0 Å². The summed E-state index contributed by atoms with van der Waals surface area (Å²) in [5, 5.41) is 0. The molecule has 1 aromatic rings. The smallest absolute Gasteiger partial charge is 0.243 e. The summed E-state index contributed by atoms with van der Waals surface area (Å²) >= 11 is 0. The Morgan fingerprint density at radius 1 is 1.04 bits per heavy atom. The Labute approximate surface area is 156 Å². The van der Waals surface area contributed by atoms with Crippen molar-refractivity contribution in [3.8, 4) is 0 Å². The van der Waals surface area contributed by atoms with Crippen molar-refractivity contribution in [3.63, 3.8) is 0 Å². The number of nitrogens with zero attached hydrogens (tertiary/aromatic N) is 2. The van der Waals surface area contributed by atoms with Crippen LogP contribution in [-0.2, 0) is 19.5 Å². The Balaban J connectivity index is 1.39. The van der Waals surface area contributed by atoms with E-state index in [-0.39, 0.29) is 5.60 Å². The molecule has 144 valence electrons. The second kappa shape index (κ2) is 7.20. The highest BCUT2D eigenvalue weighted by Gasteiger charge is 2.46. The summed E-state index contributed by atoms with van der Waals surface area (Å²) in [5.41, 5.74) is 0.914. The fourth-order valence-electron chi connectivity index (χ4n) is 4.34. The van der Waals surface area contributed by atoms with Gasteiger partial charge in [-0.1, -0.05) is 17.7 Å². The maximum absolute atomic E-state index is 12.9. The minimum Gasteiger partial charge on any atom is -0.379 e. The van der Waals surface area contributed by atoms with Gasteiger partial charge in [0.1, 0.15) is 0 Å². The predicted molar refractivity (Wildman–Crippen MR) is 98.7 cm³/mol. The number of sulfonamides is 1. The standard InChI is InChI=1S/C19H28N2O4S/c1-16-2-4-18(5-3-16)26(22,23)21-8-6-19(7-9-21)14-17(15-25-19)20-10-12-24-13-11-20/h2-5,17H,6-15H2,1H3/t17-/m1/s1. The molecule has 0 bridgehead atoms. The van der Waals surface area contributed by atoms with E-state index in [4.69, 9.17) is 9.47 Å². The van der Waals surface area contributed by atoms with Crippen LogP contribution in [0, 0.1) is 6.92 Å². The molecule has 7 heteroatoms. The van der Waals surface area contributed by atoms with Crippen molar-refractivity contribution in [2.75, 3.05) is 46.0 Å². The average molecular weight is 381 g/mol. The molecule has 6 nitrogen and oxygen atoms in total. The fraction of sp³-hybridized carbons (Fsp3) is 0.684. The lowest BCUT2D eigenvalue weighted by molar-refractivity contribution is -0.0328. The summed E-state index contributed by atoms with van der Waals surface area (Å²) in [5.74, 6) is 0. The van der Waals surface area contributed by atoms with Gasteiger partial charge in [-0.2, -0.15) is 4.31 Å². The second-order valence-corrected chi connectivity index (χ2v) is 9.66. The van der Waals surface area contributed by atoms with E-state index in [1.54, 1.807) is 16.4 Å². The Bertz CT molecular complexity index is 720. The maximum atomic E-state index is 12.9. The predicted octanol–water partition coefficient (Wildman–Crippen LogP) is 1.64. The monoisotopic (exact) mass is 380 g/mol. The molecule has 0 N–H and O–H groups in total. The lowest BCUT2D eigenvalue weighted by Gasteiger charge is -2.38. The van der Waals surface area contributed by atoms with Gasteiger partial charge in [-0.3, -0.25) is 4.90 Å². The van der Waals surface area contributed by atoms with Gasteiger partial charge in [-0.25, -0.2) is 8.42 Å². The van der Waals surface area contributed by atoms with Crippen molar-refractivity contribution in [3.05, 3.63) is 29.8 Å². The molecule has 0 aromatic heterocycles. The normalized spacial score (nSPS) is 27.8. The van der Waals surface area contributed by atoms with Crippen LogP contribution < -0.4 is 0 Å². The van der Waals surface area contributed by atoms with Gasteiger partial charge in [-0.05, 0) is 38.3 Å². The zero-order valence-electron chi connectivity index (χ0n) is 15.4.